The zero-order valence-corrected chi connectivity index (χ0v) is 15.7. The van der Waals surface area contributed by atoms with E-state index in [9.17, 15) is 4.79 Å². The Morgan fingerprint density at radius 3 is 2.58 bits per heavy atom. The van der Waals surface area contributed by atoms with Gasteiger partial charge in [-0.2, -0.15) is 4.98 Å². The molecular formula is C19H16Cl2N2O3. The van der Waals surface area contributed by atoms with Gasteiger partial charge in [-0.05, 0) is 42.8 Å². The molecule has 0 N–H and O–H groups in total. The molecule has 0 saturated heterocycles. The van der Waals surface area contributed by atoms with Crippen molar-refractivity contribution in [2.45, 2.75) is 13.5 Å². The lowest BCUT2D eigenvalue weighted by molar-refractivity contribution is 0.300. The minimum atomic E-state index is -0.404. The first kappa shape index (κ1) is 18.3. The molecule has 0 amide bonds. The summed E-state index contributed by atoms with van der Waals surface area (Å²) in [5.41, 5.74) is 1.76. The number of nitrogens with zero attached hydrogens (tertiary/aromatic N) is 2. The number of benzene rings is 2. The second kappa shape index (κ2) is 7.81. The lowest BCUT2D eigenvalue weighted by Crippen LogP contribution is -2.22. The Morgan fingerprint density at radius 2 is 1.88 bits per heavy atom. The van der Waals surface area contributed by atoms with Crippen LogP contribution in [0.1, 0.15) is 11.3 Å². The van der Waals surface area contributed by atoms with Crippen molar-refractivity contribution in [2.24, 2.45) is 0 Å². The Kier molecular flexibility index (Phi) is 5.49. The summed E-state index contributed by atoms with van der Waals surface area (Å²) in [5, 5.41) is 0.925. The Hall–Kier alpha value is -2.50. The van der Waals surface area contributed by atoms with Crippen LogP contribution >= 0.6 is 23.2 Å². The summed E-state index contributed by atoms with van der Waals surface area (Å²) in [4.78, 5) is 16.4. The van der Waals surface area contributed by atoms with Crippen molar-refractivity contribution in [3.8, 4) is 17.2 Å². The van der Waals surface area contributed by atoms with E-state index in [1.165, 1.54) is 4.57 Å². The van der Waals surface area contributed by atoms with Gasteiger partial charge in [0.15, 0.2) is 0 Å². The summed E-state index contributed by atoms with van der Waals surface area (Å²) in [7, 11) is 1.59. The van der Waals surface area contributed by atoms with Gasteiger partial charge in [-0.1, -0.05) is 29.3 Å². The van der Waals surface area contributed by atoms with E-state index >= 15 is 0 Å². The van der Waals surface area contributed by atoms with Crippen LogP contribution in [0.25, 0.3) is 5.69 Å². The third-order valence-electron chi connectivity index (χ3n) is 3.80. The summed E-state index contributed by atoms with van der Waals surface area (Å²) in [5.74, 6) is 1.18. The van der Waals surface area contributed by atoms with Crippen molar-refractivity contribution in [3.63, 3.8) is 0 Å². The highest BCUT2D eigenvalue weighted by Crippen LogP contribution is 2.28. The van der Waals surface area contributed by atoms with Gasteiger partial charge in [0.2, 0.25) is 0 Å². The fraction of sp³-hybridized carbons (Fsp3) is 0.158. The standard InChI is InChI=1S/C19H16Cl2N2O3/c1-12-3-5-15(10-18(12)25-2)23-8-7-14(22-19(23)24)11-26-17-6-4-13(20)9-16(17)21/h3-10H,11H2,1-2H3. The highest BCUT2D eigenvalue weighted by Gasteiger charge is 2.08. The van der Waals surface area contributed by atoms with Crippen LogP contribution in [0.3, 0.4) is 0 Å². The molecule has 0 unspecified atom stereocenters. The molecule has 0 atom stereocenters. The maximum absolute atomic E-state index is 12.4. The third-order valence-corrected chi connectivity index (χ3v) is 4.33. The molecule has 0 spiro atoms. The maximum atomic E-state index is 12.4. The molecule has 0 aliphatic heterocycles. The van der Waals surface area contributed by atoms with Gasteiger partial charge in [0.1, 0.15) is 18.1 Å². The molecule has 1 heterocycles. The number of hydrogen-bond donors (Lipinski definition) is 0. The largest absolute Gasteiger partial charge is 0.496 e. The van der Waals surface area contributed by atoms with Crippen LogP contribution in [0.2, 0.25) is 10.0 Å². The van der Waals surface area contributed by atoms with E-state index in [0.29, 0.717) is 32.9 Å². The van der Waals surface area contributed by atoms with Gasteiger partial charge in [-0.15, -0.1) is 0 Å². The second-order valence-corrected chi connectivity index (χ2v) is 6.43. The fourth-order valence-electron chi connectivity index (χ4n) is 2.42. The number of ether oxygens (including phenoxy) is 2. The number of methoxy groups -OCH3 is 1. The average molecular weight is 391 g/mol. The predicted octanol–water partition coefficient (Wildman–Crippen LogP) is 4.44. The Labute approximate surface area is 160 Å². The fourth-order valence-corrected chi connectivity index (χ4v) is 2.88. The van der Waals surface area contributed by atoms with E-state index in [2.05, 4.69) is 4.98 Å². The van der Waals surface area contributed by atoms with Crippen LogP contribution in [0.15, 0.2) is 53.5 Å². The van der Waals surface area contributed by atoms with Crippen molar-refractivity contribution < 1.29 is 9.47 Å². The minimum Gasteiger partial charge on any atom is -0.496 e. The van der Waals surface area contributed by atoms with Gasteiger partial charge in [0, 0.05) is 17.3 Å². The van der Waals surface area contributed by atoms with Crippen molar-refractivity contribution in [3.05, 3.63) is 80.4 Å². The molecular weight excluding hydrogens is 375 g/mol. The number of aryl methyl sites for hydroxylation is 1. The van der Waals surface area contributed by atoms with Crippen LogP contribution < -0.4 is 15.2 Å². The van der Waals surface area contributed by atoms with Gasteiger partial charge in [0.25, 0.3) is 0 Å². The quantitative estimate of drug-likeness (QED) is 0.646. The van der Waals surface area contributed by atoms with Crippen LogP contribution in [-0.4, -0.2) is 16.7 Å². The first-order valence-electron chi connectivity index (χ1n) is 7.79. The number of halogens is 2. The lowest BCUT2D eigenvalue weighted by atomic mass is 10.2. The van der Waals surface area contributed by atoms with Crippen molar-refractivity contribution in [2.75, 3.05) is 7.11 Å². The van der Waals surface area contributed by atoms with Crippen molar-refractivity contribution in [1.82, 2.24) is 9.55 Å². The predicted molar refractivity (Wildman–Crippen MR) is 102 cm³/mol. The first-order valence-corrected chi connectivity index (χ1v) is 8.55. The van der Waals surface area contributed by atoms with E-state index in [1.54, 1.807) is 43.6 Å². The Morgan fingerprint density at radius 1 is 1.08 bits per heavy atom. The maximum Gasteiger partial charge on any atom is 0.352 e. The lowest BCUT2D eigenvalue weighted by Gasteiger charge is -2.11. The zero-order chi connectivity index (χ0) is 18.7. The number of hydrogen-bond acceptors (Lipinski definition) is 4. The molecule has 5 nitrogen and oxygen atoms in total. The Balaban J connectivity index is 1.80. The second-order valence-electron chi connectivity index (χ2n) is 5.59. The summed E-state index contributed by atoms with van der Waals surface area (Å²) < 4.78 is 12.4. The Bertz CT molecular complexity index is 1000. The molecule has 0 radical (unpaired) electrons. The molecule has 0 saturated carbocycles. The normalized spacial score (nSPS) is 10.6. The highest BCUT2D eigenvalue weighted by atomic mass is 35.5. The third kappa shape index (κ3) is 4.00. The SMILES string of the molecule is COc1cc(-n2ccc(COc3ccc(Cl)cc3Cl)nc2=O)ccc1C. The molecule has 3 aromatic rings. The molecule has 0 aliphatic carbocycles. The van der Waals surface area contributed by atoms with Crippen LogP contribution in [0.5, 0.6) is 11.5 Å². The van der Waals surface area contributed by atoms with Crippen LogP contribution in [-0.2, 0) is 6.61 Å². The summed E-state index contributed by atoms with van der Waals surface area (Å²) >= 11 is 11.9. The van der Waals surface area contributed by atoms with Gasteiger partial charge in [0.05, 0.1) is 23.5 Å². The minimum absolute atomic E-state index is 0.120. The van der Waals surface area contributed by atoms with Gasteiger partial charge in [-0.3, -0.25) is 4.57 Å². The van der Waals surface area contributed by atoms with E-state index in [1.807, 2.05) is 19.1 Å². The smallest absolute Gasteiger partial charge is 0.352 e. The molecule has 3 rings (SSSR count). The summed E-state index contributed by atoms with van der Waals surface area (Å²) in [6.45, 7) is 2.06. The highest BCUT2D eigenvalue weighted by molar-refractivity contribution is 6.35. The molecule has 0 bridgehead atoms. The summed E-state index contributed by atoms with van der Waals surface area (Å²) in [6, 6.07) is 12.2. The van der Waals surface area contributed by atoms with Crippen molar-refractivity contribution >= 4 is 23.2 Å². The zero-order valence-electron chi connectivity index (χ0n) is 14.2. The summed E-state index contributed by atoms with van der Waals surface area (Å²) in [6.07, 6.45) is 1.65. The van der Waals surface area contributed by atoms with Crippen molar-refractivity contribution in [1.29, 1.82) is 0 Å². The number of aromatic nitrogens is 2. The van der Waals surface area contributed by atoms with Gasteiger partial charge < -0.3 is 9.47 Å². The topological polar surface area (TPSA) is 53.4 Å². The van der Waals surface area contributed by atoms with E-state index in [0.717, 1.165) is 5.56 Å². The molecule has 2 aromatic carbocycles. The van der Waals surface area contributed by atoms with E-state index in [-0.39, 0.29) is 6.61 Å². The molecule has 26 heavy (non-hydrogen) atoms. The first-order chi connectivity index (χ1) is 12.5. The monoisotopic (exact) mass is 390 g/mol. The van der Waals surface area contributed by atoms with Crippen LogP contribution in [0.4, 0.5) is 0 Å². The molecule has 7 heteroatoms. The van der Waals surface area contributed by atoms with E-state index in [4.69, 9.17) is 32.7 Å². The molecule has 0 fully saturated rings. The van der Waals surface area contributed by atoms with Gasteiger partial charge in [-0.25, -0.2) is 4.79 Å². The van der Waals surface area contributed by atoms with Crippen LogP contribution in [0, 0.1) is 6.92 Å². The van der Waals surface area contributed by atoms with Gasteiger partial charge >= 0.3 is 5.69 Å². The molecule has 134 valence electrons. The van der Waals surface area contributed by atoms with E-state index < -0.39 is 5.69 Å². The molecule has 0 aliphatic rings. The molecule has 1 aromatic heterocycles. The number of rotatable bonds is 5. The average Bonchev–Trinajstić information content (AvgIpc) is 2.62.